The summed E-state index contributed by atoms with van der Waals surface area (Å²) in [7, 11) is 0. The largest absolute Gasteiger partial charge is 0.367 e. The molecule has 1 aliphatic rings. The number of nitrogens with two attached hydrogens (primary N) is 1. The Bertz CT molecular complexity index is 364. The van der Waals surface area contributed by atoms with E-state index in [2.05, 4.69) is 10.3 Å². The molecule has 1 fully saturated rings. The Morgan fingerprint density at radius 3 is 2.73 bits per heavy atom. The summed E-state index contributed by atoms with van der Waals surface area (Å²) in [4.78, 5) is 4.11. The average molecular weight is 246 g/mol. The molecule has 0 aromatic carbocycles. The first-order chi connectivity index (χ1) is 7.09. The quantitative estimate of drug-likeness (QED) is 0.862. The van der Waals surface area contributed by atoms with Crippen molar-refractivity contribution in [2.24, 2.45) is 5.73 Å². The van der Waals surface area contributed by atoms with Crippen molar-refractivity contribution in [3.63, 3.8) is 0 Å². The van der Waals surface area contributed by atoms with E-state index in [0.29, 0.717) is 22.4 Å². The first-order valence-electron chi connectivity index (χ1n) is 4.93. The number of nitrogens with zero attached hydrogens (tertiary/aromatic N) is 1. The summed E-state index contributed by atoms with van der Waals surface area (Å²) in [6.07, 6.45) is 4.90. The van der Waals surface area contributed by atoms with Crippen LogP contribution in [-0.4, -0.2) is 17.1 Å². The molecule has 1 heterocycles. The number of anilines is 1. The minimum atomic E-state index is -0.0787. The Morgan fingerprint density at radius 2 is 2.20 bits per heavy atom. The van der Waals surface area contributed by atoms with Crippen LogP contribution in [0.2, 0.25) is 10.0 Å². The molecule has 0 saturated heterocycles. The van der Waals surface area contributed by atoms with E-state index in [1.54, 1.807) is 12.3 Å². The SMILES string of the molecule is NC1(CNc2ncc(Cl)cc2Cl)CCC1. The summed E-state index contributed by atoms with van der Waals surface area (Å²) in [5, 5.41) is 4.23. The van der Waals surface area contributed by atoms with Crippen molar-refractivity contribution in [1.29, 1.82) is 0 Å². The molecule has 0 radical (unpaired) electrons. The van der Waals surface area contributed by atoms with Crippen molar-refractivity contribution in [2.45, 2.75) is 24.8 Å². The van der Waals surface area contributed by atoms with Crippen molar-refractivity contribution < 1.29 is 0 Å². The Balaban J connectivity index is 1.98. The zero-order valence-corrected chi connectivity index (χ0v) is 9.78. The van der Waals surface area contributed by atoms with Crippen LogP contribution in [0, 0.1) is 0 Å². The number of aromatic nitrogens is 1. The van der Waals surface area contributed by atoms with Gasteiger partial charge in [0.15, 0.2) is 0 Å². The number of rotatable bonds is 3. The highest BCUT2D eigenvalue weighted by Crippen LogP contribution is 2.30. The lowest BCUT2D eigenvalue weighted by molar-refractivity contribution is 0.265. The molecular formula is C10H13Cl2N3. The van der Waals surface area contributed by atoms with Crippen LogP contribution in [0.25, 0.3) is 0 Å². The van der Waals surface area contributed by atoms with Crippen molar-refractivity contribution in [2.75, 3.05) is 11.9 Å². The zero-order valence-electron chi connectivity index (χ0n) is 8.26. The van der Waals surface area contributed by atoms with Crippen molar-refractivity contribution in [1.82, 2.24) is 4.98 Å². The smallest absolute Gasteiger partial charge is 0.144 e. The topological polar surface area (TPSA) is 50.9 Å². The van der Waals surface area contributed by atoms with Crippen LogP contribution >= 0.6 is 23.2 Å². The molecule has 1 aromatic rings. The second-order valence-corrected chi connectivity index (χ2v) is 4.90. The first kappa shape index (κ1) is 11.0. The number of hydrogen-bond acceptors (Lipinski definition) is 3. The fourth-order valence-corrected chi connectivity index (χ4v) is 2.06. The van der Waals surface area contributed by atoms with Gasteiger partial charge in [-0.3, -0.25) is 0 Å². The number of pyridine rings is 1. The molecule has 1 aliphatic carbocycles. The highest BCUT2D eigenvalue weighted by Gasteiger charge is 2.32. The molecule has 0 aliphatic heterocycles. The molecule has 82 valence electrons. The van der Waals surface area contributed by atoms with Crippen molar-refractivity contribution in [3.05, 3.63) is 22.3 Å². The summed E-state index contributed by atoms with van der Waals surface area (Å²) in [6.45, 7) is 0.710. The second-order valence-electron chi connectivity index (χ2n) is 4.05. The lowest BCUT2D eigenvalue weighted by atomic mass is 9.78. The number of halogens is 2. The Hall–Kier alpha value is -0.510. The summed E-state index contributed by atoms with van der Waals surface area (Å²) in [5.74, 6) is 0.651. The average Bonchev–Trinajstić information content (AvgIpc) is 2.14. The minimum Gasteiger partial charge on any atom is -0.367 e. The van der Waals surface area contributed by atoms with E-state index in [1.807, 2.05) is 0 Å². The van der Waals surface area contributed by atoms with Gasteiger partial charge < -0.3 is 11.1 Å². The van der Waals surface area contributed by atoms with E-state index in [-0.39, 0.29) is 5.54 Å². The van der Waals surface area contributed by atoms with Crippen molar-refractivity contribution in [3.8, 4) is 0 Å². The van der Waals surface area contributed by atoms with Crippen molar-refractivity contribution >= 4 is 29.0 Å². The molecule has 15 heavy (non-hydrogen) atoms. The molecule has 3 N–H and O–H groups in total. The van der Waals surface area contributed by atoms with Gasteiger partial charge in [0.2, 0.25) is 0 Å². The number of hydrogen-bond donors (Lipinski definition) is 2. The zero-order chi connectivity index (χ0) is 10.9. The van der Waals surface area contributed by atoms with Gasteiger partial charge in [-0.15, -0.1) is 0 Å². The molecule has 0 amide bonds. The van der Waals surface area contributed by atoms with Crippen LogP contribution in [0.4, 0.5) is 5.82 Å². The molecule has 2 rings (SSSR count). The normalized spacial score (nSPS) is 18.3. The van der Waals surface area contributed by atoms with Crippen LogP contribution in [0.3, 0.4) is 0 Å². The molecule has 0 bridgehead atoms. The molecule has 5 heteroatoms. The van der Waals surface area contributed by atoms with Gasteiger partial charge in [-0.1, -0.05) is 23.2 Å². The maximum atomic E-state index is 6.07. The summed E-state index contributed by atoms with van der Waals surface area (Å²) >= 11 is 11.7. The summed E-state index contributed by atoms with van der Waals surface area (Å²) in [5.41, 5.74) is 5.99. The van der Waals surface area contributed by atoms with Gasteiger partial charge >= 0.3 is 0 Å². The Morgan fingerprint density at radius 1 is 1.47 bits per heavy atom. The van der Waals surface area contributed by atoms with Gasteiger partial charge in [0.05, 0.1) is 10.0 Å². The molecular weight excluding hydrogens is 233 g/mol. The highest BCUT2D eigenvalue weighted by molar-refractivity contribution is 6.35. The molecule has 0 spiro atoms. The van der Waals surface area contributed by atoms with Gasteiger partial charge in [0, 0.05) is 18.3 Å². The fourth-order valence-electron chi connectivity index (χ4n) is 1.61. The molecule has 0 atom stereocenters. The summed E-state index contributed by atoms with van der Waals surface area (Å²) in [6, 6.07) is 1.67. The Labute approximate surface area is 99.0 Å². The highest BCUT2D eigenvalue weighted by atomic mass is 35.5. The van der Waals surface area contributed by atoms with Crippen LogP contribution in [-0.2, 0) is 0 Å². The van der Waals surface area contributed by atoms with Crippen LogP contribution in [0.15, 0.2) is 12.3 Å². The standard InChI is InChI=1S/C10H13Cl2N3/c11-7-4-8(12)9(14-5-7)15-6-10(13)2-1-3-10/h4-5H,1-3,6,13H2,(H,14,15). The van der Waals surface area contributed by atoms with Gasteiger partial charge in [-0.05, 0) is 25.3 Å². The molecule has 1 saturated carbocycles. The van der Waals surface area contributed by atoms with Gasteiger partial charge in [-0.25, -0.2) is 4.98 Å². The monoisotopic (exact) mass is 245 g/mol. The third-order valence-electron chi connectivity index (χ3n) is 2.77. The van der Waals surface area contributed by atoms with E-state index in [1.165, 1.54) is 6.42 Å². The van der Waals surface area contributed by atoms with Gasteiger partial charge in [0.1, 0.15) is 5.82 Å². The van der Waals surface area contributed by atoms with E-state index in [9.17, 15) is 0 Å². The molecule has 0 unspecified atom stereocenters. The maximum Gasteiger partial charge on any atom is 0.144 e. The van der Waals surface area contributed by atoms with Gasteiger partial charge in [-0.2, -0.15) is 0 Å². The second kappa shape index (κ2) is 4.16. The maximum absolute atomic E-state index is 6.07. The first-order valence-corrected chi connectivity index (χ1v) is 5.68. The van der Waals surface area contributed by atoms with E-state index in [4.69, 9.17) is 28.9 Å². The van der Waals surface area contributed by atoms with E-state index < -0.39 is 0 Å². The predicted octanol–water partition coefficient (Wildman–Crippen LogP) is 2.68. The number of nitrogens with one attached hydrogen (secondary N) is 1. The van der Waals surface area contributed by atoms with E-state index >= 15 is 0 Å². The van der Waals surface area contributed by atoms with Crippen LogP contribution < -0.4 is 11.1 Å². The lowest BCUT2D eigenvalue weighted by Crippen LogP contribution is -2.52. The Kier molecular flexibility index (Phi) is 3.05. The third kappa shape index (κ3) is 2.54. The minimum absolute atomic E-state index is 0.0787. The van der Waals surface area contributed by atoms with Gasteiger partial charge in [0.25, 0.3) is 0 Å². The summed E-state index contributed by atoms with van der Waals surface area (Å²) < 4.78 is 0. The molecule has 3 nitrogen and oxygen atoms in total. The lowest BCUT2D eigenvalue weighted by Gasteiger charge is -2.38. The third-order valence-corrected chi connectivity index (χ3v) is 3.26. The van der Waals surface area contributed by atoms with Crippen LogP contribution in [0.5, 0.6) is 0 Å². The van der Waals surface area contributed by atoms with Crippen LogP contribution in [0.1, 0.15) is 19.3 Å². The predicted molar refractivity (Wildman–Crippen MR) is 63.5 cm³/mol. The fraction of sp³-hybridized carbons (Fsp3) is 0.500. The molecule has 1 aromatic heterocycles. The van der Waals surface area contributed by atoms with E-state index in [0.717, 1.165) is 12.8 Å².